The van der Waals surface area contributed by atoms with Crippen LogP contribution >= 0.6 is 0 Å². The van der Waals surface area contributed by atoms with Gasteiger partial charge in [0.15, 0.2) is 0 Å². The van der Waals surface area contributed by atoms with Crippen LogP contribution in [-0.2, 0) is 0 Å². The van der Waals surface area contributed by atoms with Crippen LogP contribution in [0.3, 0.4) is 0 Å². The first-order valence-corrected chi connectivity index (χ1v) is 27.8. The molecule has 1 aliphatic rings. The first-order chi connectivity index (χ1) is 40.5. The smallest absolute Gasteiger partial charge is 0.104 e. The summed E-state index contributed by atoms with van der Waals surface area (Å²) in [4.78, 5) is 0. The second-order valence-electron chi connectivity index (χ2n) is 21.7. The molecule has 3 aromatic heterocycles. The summed E-state index contributed by atoms with van der Waals surface area (Å²) in [6.45, 7) is 2.25. The Bertz CT molecular complexity index is 5290. The Kier molecular flexibility index (Phi) is 10.4. The summed E-state index contributed by atoms with van der Waals surface area (Å²) in [7, 11) is 0. The van der Waals surface area contributed by atoms with E-state index in [1.165, 1.54) is 0 Å². The number of rotatable bonds is 6. The van der Waals surface area contributed by atoms with E-state index in [1.807, 2.05) is 18.2 Å². The molecule has 0 aliphatic heterocycles. The first kappa shape index (κ1) is 46.8. The summed E-state index contributed by atoms with van der Waals surface area (Å²) in [6, 6.07) is 88.8. The van der Waals surface area contributed by atoms with E-state index in [0.717, 1.165) is 137 Å². The minimum Gasteiger partial charge on any atom is -0.306 e. The summed E-state index contributed by atoms with van der Waals surface area (Å²) in [5.41, 5.74) is 13.2. The molecule has 0 saturated heterocycles. The van der Waals surface area contributed by atoms with Crippen molar-refractivity contribution >= 4 is 99.1 Å². The number of hydrogen-bond donors (Lipinski definition) is 0. The molecule has 82 heavy (non-hydrogen) atoms. The van der Waals surface area contributed by atoms with Crippen molar-refractivity contribution in [3.8, 4) is 68.7 Å². The van der Waals surface area contributed by atoms with Crippen molar-refractivity contribution in [1.82, 2.24) is 13.7 Å². The van der Waals surface area contributed by atoms with E-state index in [9.17, 15) is 15.8 Å². The SMILES string of the molecule is CC1C=c2c(ccc3c2c2cc(-c4ccccc4)ccc2n3-c2c(C#N)c(-n3c4ccc(-c5ccccc5)cc4c4c5ccccc5ccc43)c(C#N)c(-n3c4ccc(-c5ccccc5)cc4c4c5ccccc5ccc43)c2C#N)=CC1. The van der Waals surface area contributed by atoms with E-state index < -0.39 is 0 Å². The number of benzene rings is 12. The molecule has 0 N–H and O–H groups in total. The molecule has 1 atom stereocenters. The van der Waals surface area contributed by atoms with Gasteiger partial charge in [-0.15, -0.1) is 0 Å². The van der Waals surface area contributed by atoms with Crippen LogP contribution in [0, 0.1) is 39.9 Å². The van der Waals surface area contributed by atoms with Gasteiger partial charge in [0.25, 0.3) is 0 Å². The van der Waals surface area contributed by atoms with Crippen LogP contribution in [0.2, 0.25) is 0 Å². The fourth-order valence-corrected chi connectivity index (χ4v) is 13.6. The van der Waals surface area contributed by atoms with Crippen molar-refractivity contribution in [2.75, 3.05) is 0 Å². The average molecular weight is 1040 g/mol. The molecular weight excluding hydrogens is 997 g/mol. The van der Waals surface area contributed by atoms with Crippen LogP contribution in [0.4, 0.5) is 0 Å². The standard InChI is InChI=1S/C76H46N6/c1-46-25-26-52-29-38-70-73(58(52)39-46)61-42-55(49-19-9-4-10-20-49)32-35-67(61)82(70)76-63(44-78)74(80-65-33-30-53(47-15-5-2-6-16-47)40-59(65)71-56-23-13-11-21-50(56)27-36-68(71)80)62(43-77)75(64(76)45-79)81-66-34-31-54(48-17-7-3-8-18-48)41-60(66)72-57-24-14-12-22-51(57)28-37-69(72)81/h2-24,26-42,46H,25H2,1H3. The Hall–Kier alpha value is -11.2. The lowest BCUT2D eigenvalue weighted by atomic mass is 9.95. The predicted molar refractivity (Wildman–Crippen MR) is 337 cm³/mol. The quantitative estimate of drug-likeness (QED) is 0.166. The van der Waals surface area contributed by atoms with Crippen molar-refractivity contribution < 1.29 is 0 Å². The second-order valence-corrected chi connectivity index (χ2v) is 21.7. The van der Waals surface area contributed by atoms with E-state index in [2.05, 4.69) is 263 Å². The molecule has 12 aromatic carbocycles. The molecule has 0 radical (unpaired) electrons. The van der Waals surface area contributed by atoms with Gasteiger partial charge in [0.05, 0.1) is 50.2 Å². The van der Waals surface area contributed by atoms with Crippen molar-refractivity contribution in [2.24, 2.45) is 5.92 Å². The van der Waals surface area contributed by atoms with Crippen LogP contribution < -0.4 is 10.4 Å². The number of nitriles is 3. The number of nitrogens with zero attached hydrogens (tertiary/aromatic N) is 6. The van der Waals surface area contributed by atoms with Crippen LogP contribution in [0.25, 0.3) is 150 Å². The summed E-state index contributed by atoms with van der Waals surface area (Å²) in [6.07, 6.45) is 5.63. The third-order valence-corrected chi connectivity index (χ3v) is 17.2. The van der Waals surface area contributed by atoms with Crippen molar-refractivity contribution in [3.05, 3.63) is 258 Å². The molecular formula is C76H46N6. The van der Waals surface area contributed by atoms with E-state index in [0.29, 0.717) is 17.1 Å². The van der Waals surface area contributed by atoms with Gasteiger partial charge >= 0.3 is 0 Å². The van der Waals surface area contributed by atoms with Crippen LogP contribution in [0.15, 0.2) is 231 Å². The zero-order chi connectivity index (χ0) is 54.7. The number of fused-ring (bicyclic) bond motifs is 15. The molecule has 0 fully saturated rings. The molecule has 0 bridgehead atoms. The maximum atomic E-state index is 12.4. The molecule has 0 saturated carbocycles. The van der Waals surface area contributed by atoms with Crippen molar-refractivity contribution in [2.45, 2.75) is 13.3 Å². The Morgan fingerprint density at radius 1 is 0.341 bits per heavy atom. The fourth-order valence-electron chi connectivity index (χ4n) is 13.6. The third-order valence-electron chi connectivity index (χ3n) is 17.2. The lowest BCUT2D eigenvalue weighted by Crippen LogP contribution is -2.29. The zero-order valence-corrected chi connectivity index (χ0v) is 44.6. The highest BCUT2D eigenvalue weighted by Gasteiger charge is 2.33. The number of aromatic nitrogens is 3. The van der Waals surface area contributed by atoms with E-state index >= 15 is 0 Å². The summed E-state index contributed by atoms with van der Waals surface area (Å²) >= 11 is 0. The van der Waals surface area contributed by atoms with Crippen LogP contribution in [-0.4, -0.2) is 13.7 Å². The minimum absolute atomic E-state index is 0.205. The van der Waals surface area contributed by atoms with Gasteiger partial charge in [-0.05, 0) is 132 Å². The highest BCUT2D eigenvalue weighted by Crippen LogP contribution is 2.48. The topological polar surface area (TPSA) is 86.2 Å². The van der Waals surface area contributed by atoms with Crippen molar-refractivity contribution in [1.29, 1.82) is 15.8 Å². The first-order valence-electron chi connectivity index (χ1n) is 27.8. The van der Waals surface area contributed by atoms with Crippen LogP contribution in [0.5, 0.6) is 0 Å². The molecule has 0 spiro atoms. The highest BCUT2D eigenvalue weighted by molar-refractivity contribution is 6.24. The summed E-state index contributed by atoms with van der Waals surface area (Å²) in [5.74, 6) is 0.286. The third kappa shape index (κ3) is 6.78. The molecule has 6 heteroatoms. The Labute approximate surface area is 471 Å². The Balaban J connectivity index is 1.14. The van der Waals surface area contributed by atoms with Gasteiger partial charge < -0.3 is 13.7 Å². The molecule has 15 aromatic rings. The van der Waals surface area contributed by atoms with E-state index in [1.54, 1.807) is 0 Å². The minimum atomic E-state index is 0.205. The molecule has 6 nitrogen and oxygen atoms in total. The van der Waals surface area contributed by atoms with Gasteiger partial charge in [0.2, 0.25) is 0 Å². The molecule has 1 unspecified atom stereocenters. The summed E-state index contributed by atoms with van der Waals surface area (Å²) in [5, 5.41) is 49.8. The number of hydrogen-bond acceptors (Lipinski definition) is 3. The van der Waals surface area contributed by atoms with E-state index in [4.69, 9.17) is 0 Å². The average Bonchev–Trinajstić information content (AvgIpc) is 2.39. The van der Waals surface area contributed by atoms with Gasteiger partial charge in [-0.25, -0.2) is 0 Å². The maximum absolute atomic E-state index is 12.4. The zero-order valence-electron chi connectivity index (χ0n) is 44.6. The largest absolute Gasteiger partial charge is 0.306 e. The molecule has 1 aliphatic carbocycles. The Morgan fingerprint density at radius 2 is 0.695 bits per heavy atom. The van der Waals surface area contributed by atoms with Gasteiger partial charge in [0, 0.05) is 32.3 Å². The monoisotopic (exact) mass is 1040 g/mol. The lowest BCUT2D eigenvalue weighted by Gasteiger charge is -2.23. The molecule has 0 amide bonds. The second kappa shape index (κ2) is 18.2. The maximum Gasteiger partial charge on any atom is 0.104 e. The van der Waals surface area contributed by atoms with Gasteiger partial charge in [0.1, 0.15) is 34.9 Å². The Morgan fingerprint density at radius 3 is 1.11 bits per heavy atom. The summed E-state index contributed by atoms with van der Waals surface area (Å²) < 4.78 is 6.44. The fraction of sp³-hybridized carbons (Fsp3) is 0.0395. The van der Waals surface area contributed by atoms with E-state index in [-0.39, 0.29) is 22.6 Å². The van der Waals surface area contributed by atoms with Crippen molar-refractivity contribution in [3.63, 3.8) is 0 Å². The molecule has 3 heterocycles. The molecule has 380 valence electrons. The lowest BCUT2D eigenvalue weighted by molar-refractivity contribution is 0.801. The molecule has 16 rings (SSSR count). The van der Waals surface area contributed by atoms with Crippen LogP contribution in [0.1, 0.15) is 30.0 Å². The predicted octanol–water partition coefficient (Wildman–Crippen LogP) is 17.5. The van der Waals surface area contributed by atoms with Gasteiger partial charge in [-0.1, -0.05) is 195 Å². The van der Waals surface area contributed by atoms with Gasteiger partial charge in [-0.2, -0.15) is 15.8 Å². The van der Waals surface area contributed by atoms with Gasteiger partial charge in [-0.3, -0.25) is 0 Å². The highest BCUT2D eigenvalue weighted by atomic mass is 15.1. The normalized spacial score (nSPS) is 13.2.